The number of hydrogen-bond donors (Lipinski definition) is 2. The minimum absolute atomic E-state index is 0.150. The van der Waals surface area contributed by atoms with Crippen LogP contribution in [0.2, 0.25) is 0 Å². The molecule has 2 heteroatoms. The van der Waals surface area contributed by atoms with Gasteiger partial charge < -0.3 is 10.8 Å². The average molecular weight is 207 g/mol. The largest absolute Gasteiger partial charge is 0.399 e. The van der Waals surface area contributed by atoms with Crippen LogP contribution in [0.15, 0.2) is 24.3 Å². The second-order valence-corrected chi connectivity index (χ2v) is 5.36. The van der Waals surface area contributed by atoms with Gasteiger partial charge >= 0.3 is 0 Å². The van der Waals surface area contributed by atoms with Crippen molar-refractivity contribution in [3.05, 3.63) is 29.8 Å². The lowest BCUT2D eigenvalue weighted by Gasteiger charge is -2.37. The second kappa shape index (κ2) is 3.86. The van der Waals surface area contributed by atoms with Gasteiger partial charge in [0.1, 0.15) is 0 Å². The van der Waals surface area contributed by atoms with Crippen LogP contribution in [0.1, 0.15) is 33.3 Å². The highest BCUT2D eigenvalue weighted by molar-refractivity contribution is 5.39. The van der Waals surface area contributed by atoms with Gasteiger partial charge in [0.25, 0.3) is 0 Å². The minimum atomic E-state index is -0.686. The lowest BCUT2D eigenvalue weighted by molar-refractivity contribution is -0.0344. The van der Waals surface area contributed by atoms with Gasteiger partial charge in [-0.15, -0.1) is 0 Å². The predicted molar refractivity (Wildman–Crippen MR) is 64.6 cm³/mol. The third kappa shape index (κ3) is 2.96. The summed E-state index contributed by atoms with van der Waals surface area (Å²) in [6.45, 7) is 7.85. The number of rotatable bonds is 3. The number of nitrogens with two attached hydrogens (primary N) is 1. The van der Waals surface area contributed by atoms with Gasteiger partial charge in [0.2, 0.25) is 0 Å². The van der Waals surface area contributed by atoms with Crippen molar-refractivity contribution in [2.75, 3.05) is 5.73 Å². The minimum Gasteiger partial charge on any atom is -0.399 e. The fraction of sp³-hybridized carbons (Fsp3) is 0.538. The maximum absolute atomic E-state index is 10.0. The molecule has 0 aliphatic carbocycles. The third-order valence-corrected chi connectivity index (χ3v) is 3.28. The van der Waals surface area contributed by atoms with E-state index < -0.39 is 5.60 Å². The molecule has 1 aromatic carbocycles. The van der Waals surface area contributed by atoms with E-state index in [1.165, 1.54) is 5.56 Å². The Kier molecular flexibility index (Phi) is 3.10. The van der Waals surface area contributed by atoms with Crippen molar-refractivity contribution in [2.24, 2.45) is 5.41 Å². The second-order valence-electron chi connectivity index (χ2n) is 5.36. The number of aliphatic hydroxyl groups is 1. The highest BCUT2D eigenvalue weighted by Crippen LogP contribution is 2.33. The van der Waals surface area contributed by atoms with Crippen molar-refractivity contribution in [1.29, 1.82) is 0 Å². The summed E-state index contributed by atoms with van der Waals surface area (Å²) < 4.78 is 0. The molecule has 0 amide bonds. The molecule has 0 radical (unpaired) electrons. The van der Waals surface area contributed by atoms with Crippen LogP contribution in [0, 0.1) is 5.41 Å². The maximum Gasteiger partial charge on any atom is 0.0645 e. The summed E-state index contributed by atoms with van der Waals surface area (Å²) in [4.78, 5) is 0. The Hall–Kier alpha value is -1.02. The summed E-state index contributed by atoms with van der Waals surface area (Å²) in [5, 5.41) is 10.0. The molecule has 0 aliphatic rings. The van der Waals surface area contributed by atoms with Gasteiger partial charge in [-0.1, -0.05) is 26.0 Å². The fourth-order valence-electron chi connectivity index (χ4n) is 1.36. The molecule has 1 rings (SSSR count). The highest BCUT2D eigenvalue weighted by atomic mass is 16.3. The molecule has 0 aromatic heterocycles. The first kappa shape index (κ1) is 12.1. The Bertz CT molecular complexity index is 319. The normalized spacial score (nSPS) is 12.9. The zero-order chi connectivity index (χ0) is 11.7. The Labute approximate surface area is 92.1 Å². The summed E-state index contributed by atoms with van der Waals surface area (Å²) in [6, 6.07) is 7.83. The van der Waals surface area contributed by atoms with Gasteiger partial charge in [0.05, 0.1) is 5.60 Å². The average Bonchev–Trinajstić information content (AvgIpc) is 2.06. The van der Waals surface area contributed by atoms with Gasteiger partial charge in [-0.3, -0.25) is 0 Å². The summed E-state index contributed by atoms with van der Waals surface area (Å²) >= 11 is 0. The zero-order valence-corrected chi connectivity index (χ0v) is 10.0. The van der Waals surface area contributed by atoms with Crippen LogP contribution < -0.4 is 5.73 Å². The molecule has 3 N–H and O–H groups in total. The van der Waals surface area contributed by atoms with E-state index in [2.05, 4.69) is 13.8 Å². The molecule has 2 nitrogen and oxygen atoms in total. The number of benzene rings is 1. The molecular formula is C13H21NO. The van der Waals surface area contributed by atoms with Crippen LogP contribution in [-0.4, -0.2) is 10.7 Å². The lowest BCUT2D eigenvalue weighted by Crippen LogP contribution is -2.40. The van der Waals surface area contributed by atoms with E-state index in [4.69, 9.17) is 5.73 Å². The number of anilines is 1. The Balaban J connectivity index is 2.82. The van der Waals surface area contributed by atoms with Crippen LogP contribution in [0.3, 0.4) is 0 Å². The van der Waals surface area contributed by atoms with E-state index >= 15 is 0 Å². The Morgan fingerprint density at radius 3 is 1.93 bits per heavy atom. The zero-order valence-electron chi connectivity index (χ0n) is 10.0. The SMILES string of the molecule is CC(C)(O)C(C)(C)Cc1ccc(N)cc1. The Morgan fingerprint density at radius 1 is 1.07 bits per heavy atom. The molecule has 15 heavy (non-hydrogen) atoms. The fourth-order valence-corrected chi connectivity index (χ4v) is 1.36. The summed E-state index contributed by atoms with van der Waals surface area (Å²) in [5.41, 5.74) is 6.77. The van der Waals surface area contributed by atoms with Crippen LogP contribution in [0.4, 0.5) is 5.69 Å². The van der Waals surface area contributed by atoms with Crippen LogP contribution in [0.25, 0.3) is 0 Å². The smallest absolute Gasteiger partial charge is 0.0645 e. The molecular weight excluding hydrogens is 186 g/mol. The van der Waals surface area contributed by atoms with Crippen molar-refractivity contribution in [1.82, 2.24) is 0 Å². The summed E-state index contributed by atoms with van der Waals surface area (Å²) in [7, 11) is 0. The van der Waals surface area contributed by atoms with Gasteiger partial charge in [-0.05, 0) is 43.4 Å². The van der Waals surface area contributed by atoms with Crippen molar-refractivity contribution >= 4 is 5.69 Å². The van der Waals surface area contributed by atoms with E-state index in [1.807, 2.05) is 38.1 Å². The maximum atomic E-state index is 10.0. The van der Waals surface area contributed by atoms with E-state index in [-0.39, 0.29) is 5.41 Å². The van der Waals surface area contributed by atoms with Crippen molar-refractivity contribution in [3.8, 4) is 0 Å². The molecule has 0 atom stereocenters. The quantitative estimate of drug-likeness (QED) is 0.748. The van der Waals surface area contributed by atoms with Crippen LogP contribution in [0.5, 0.6) is 0 Å². The molecule has 0 saturated carbocycles. The monoisotopic (exact) mass is 207 g/mol. The molecule has 0 unspecified atom stereocenters. The van der Waals surface area contributed by atoms with Crippen molar-refractivity contribution in [3.63, 3.8) is 0 Å². The van der Waals surface area contributed by atoms with Crippen molar-refractivity contribution in [2.45, 2.75) is 39.7 Å². The summed E-state index contributed by atoms with van der Waals surface area (Å²) in [5.74, 6) is 0. The third-order valence-electron chi connectivity index (χ3n) is 3.28. The van der Waals surface area contributed by atoms with Crippen LogP contribution in [-0.2, 0) is 6.42 Å². The molecule has 0 bridgehead atoms. The van der Waals surface area contributed by atoms with E-state index in [0.717, 1.165) is 12.1 Å². The first-order valence-electron chi connectivity index (χ1n) is 5.29. The Morgan fingerprint density at radius 2 is 1.53 bits per heavy atom. The first-order valence-corrected chi connectivity index (χ1v) is 5.29. The molecule has 84 valence electrons. The molecule has 0 aliphatic heterocycles. The van der Waals surface area contributed by atoms with Gasteiger partial charge in [0.15, 0.2) is 0 Å². The molecule has 0 spiro atoms. The first-order chi connectivity index (χ1) is 6.72. The molecule has 0 saturated heterocycles. The van der Waals surface area contributed by atoms with E-state index in [1.54, 1.807) is 0 Å². The van der Waals surface area contributed by atoms with Gasteiger partial charge in [0, 0.05) is 5.69 Å². The van der Waals surface area contributed by atoms with Gasteiger partial charge in [-0.25, -0.2) is 0 Å². The van der Waals surface area contributed by atoms with Crippen LogP contribution >= 0.6 is 0 Å². The number of hydrogen-bond acceptors (Lipinski definition) is 2. The molecule has 0 fully saturated rings. The standard InChI is InChI=1S/C13H21NO/c1-12(2,13(3,4)15)9-10-5-7-11(14)8-6-10/h5-8,15H,9,14H2,1-4H3. The molecule has 0 heterocycles. The predicted octanol–water partition coefficient (Wildman–Crippen LogP) is 2.61. The van der Waals surface area contributed by atoms with E-state index in [0.29, 0.717) is 0 Å². The van der Waals surface area contributed by atoms with Gasteiger partial charge in [-0.2, -0.15) is 0 Å². The summed E-state index contributed by atoms with van der Waals surface area (Å²) in [6.07, 6.45) is 0.844. The van der Waals surface area contributed by atoms with Crippen molar-refractivity contribution < 1.29 is 5.11 Å². The highest BCUT2D eigenvalue weighted by Gasteiger charge is 2.34. The number of nitrogen functional groups attached to an aromatic ring is 1. The van der Waals surface area contributed by atoms with E-state index in [9.17, 15) is 5.11 Å². The lowest BCUT2D eigenvalue weighted by atomic mass is 9.73. The topological polar surface area (TPSA) is 46.2 Å². The molecule has 1 aromatic rings.